The molecule has 2 amide bonds. The SMILES string of the molecule is CCOc1ccc(C(=O)NCCNC(=O)c2cn(-c3ccccc3C(=O)O)nc2C(F)(F)F)cc1. The van der Waals surface area contributed by atoms with Crippen molar-refractivity contribution in [3.63, 3.8) is 0 Å². The molecule has 0 aliphatic heterocycles. The van der Waals surface area contributed by atoms with E-state index in [0.29, 0.717) is 22.6 Å². The smallest absolute Gasteiger partial charge is 0.435 e. The normalized spacial score (nSPS) is 11.1. The summed E-state index contributed by atoms with van der Waals surface area (Å²) < 4.78 is 46.5. The average molecular weight is 490 g/mol. The number of nitrogens with zero attached hydrogens (tertiary/aromatic N) is 2. The molecule has 0 fully saturated rings. The summed E-state index contributed by atoms with van der Waals surface area (Å²) in [5, 5.41) is 17.6. The van der Waals surface area contributed by atoms with Crippen molar-refractivity contribution in [2.45, 2.75) is 13.1 Å². The second-order valence-electron chi connectivity index (χ2n) is 7.13. The highest BCUT2D eigenvalue weighted by Gasteiger charge is 2.39. The average Bonchev–Trinajstić information content (AvgIpc) is 3.28. The summed E-state index contributed by atoms with van der Waals surface area (Å²) in [7, 11) is 0. The minimum absolute atomic E-state index is 0.0465. The van der Waals surface area contributed by atoms with Crippen LogP contribution in [0.2, 0.25) is 0 Å². The zero-order valence-corrected chi connectivity index (χ0v) is 18.4. The molecule has 184 valence electrons. The quantitative estimate of drug-likeness (QED) is 0.396. The summed E-state index contributed by atoms with van der Waals surface area (Å²) >= 11 is 0. The number of ether oxygens (including phenoxy) is 1. The molecular weight excluding hydrogens is 469 g/mol. The number of halogens is 3. The van der Waals surface area contributed by atoms with Crippen LogP contribution in [0.3, 0.4) is 0 Å². The summed E-state index contributed by atoms with van der Waals surface area (Å²) in [6.45, 7) is 2.10. The Kier molecular flexibility index (Phi) is 7.74. The predicted molar refractivity (Wildman–Crippen MR) is 118 cm³/mol. The van der Waals surface area contributed by atoms with Gasteiger partial charge in [0.05, 0.1) is 23.4 Å². The molecule has 12 heteroatoms. The van der Waals surface area contributed by atoms with E-state index in [1.807, 2.05) is 6.92 Å². The van der Waals surface area contributed by atoms with Gasteiger partial charge in [-0.1, -0.05) is 12.1 Å². The van der Waals surface area contributed by atoms with E-state index in [-0.39, 0.29) is 24.3 Å². The third kappa shape index (κ3) is 6.16. The van der Waals surface area contributed by atoms with Crippen LogP contribution < -0.4 is 15.4 Å². The lowest BCUT2D eigenvalue weighted by Crippen LogP contribution is -2.35. The van der Waals surface area contributed by atoms with Gasteiger partial charge >= 0.3 is 12.1 Å². The lowest BCUT2D eigenvalue weighted by molar-refractivity contribution is -0.141. The number of carbonyl (C=O) groups is 3. The fourth-order valence-electron chi connectivity index (χ4n) is 3.15. The van der Waals surface area contributed by atoms with Crippen LogP contribution in [0.25, 0.3) is 5.69 Å². The molecule has 0 bridgehead atoms. The van der Waals surface area contributed by atoms with Crippen LogP contribution in [0.5, 0.6) is 5.75 Å². The molecule has 0 saturated heterocycles. The largest absolute Gasteiger partial charge is 0.494 e. The van der Waals surface area contributed by atoms with Crippen LogP contribution in [0.1, 0.15) is 43.7 Å². The van der Waals surface area contributed by atoms with E-state index in [1.54, 1.807) is 24.3 Å². The number of carboxylic acid groups (broad SMARTS) is 1. The molecule has 3 aromatic rings. The Labute approximate surface area is 197 Å². The van der Waals surface area contributed by atoms with Crippen molar-refractivity contribution in [2.24, 2.45) is 0 Å². The number of carbonyl (C=O) groups excluding carboxylic acids is 2. The Morgan fingerprint density at radius 1 is 0.971 bits per heavy atom. The van der Waals surface area contributed by atoms with Gasteiger partial charge in [-0.15, -0.1) is 0 Å². The monoisotopic (exact) mass is 490 g/mol. The van der Waals surface area contributed by atoms with Crippen LogP contribution >= 0.6 is 0 Å². The van der Waals surface area contributed by atoms with Crippen LogP contribution in [-0.2, 0) is 6.18 Å². The van der Waals surface area contributed by atoms with Crippen molar-refractivity contribution < 1.29 is 37.4 Å². The number of amides is 2. The van der Waals surface area contributed by atoms with Crippen LogP contribution in [0.4, 0.5) is 13.2 Å². The van der Waals surface area contributed by atoms with E-state index in [9.17, 15) is 32.7 Å². The molecule has 1 aromatic heterocycles. The van der Waals surface area contributed by atoms with Gasteiger partial charge in [-0.2, -0.15) is 18.3 Å². The maximum Gasteiger partial charge on any atom is 0.435 e. The molecule has 0 saturated carbocycles. The summed E-state index contributed by atoms with van der Waals surface area (Å²) in [5.74, 6) is -2.27. The Hall–Kier alpha value is -4.35. The minimum atomic E-state index is -4.96. The molecule has 1 heterocycles. The third-order valence-corrected chi connectivity index (χ3v) is 4.73. The second kappa shape index (κ2) is 10.7. The van der Waals surface area contributed by atoms with Gasteiger partial charge in [0.15, 0.2) is 5.69 Å². The highest BCUT2D eigenvalue weighted by atomic mass is 19.4. The number of para-hydroxylation sites is 1. The number of benzene rings is 2. The first-order valence-corrected chi connectivity index (χ1v) is 10.4. The fraction of sp³-hybridized carbons (Fsp3) is 0.217. The Morgan fingerprint density at radius 2 is 1.60 bits per heavy atom. The summed E-state index contributed by atoms with van der Waals surface area (Å²) in [6.07, 6.45) is -4.14. The Balaban J connectivity index is 1.68. The van der Waals surface area contributed by atoms with Crippen molar-refractivity contribution in [2.75, 3.05) is 19.7 Å². The Bertz CT molecular complexity index is 1220. The van der Waals surface area contributed by atoms with Crippen molar-refractivity contribution >= 4 is 17.8 Å². The molecule has 3 rings (SSSR count). The molecule has 0 radical (unpaired) electrons. The third-order valence-electron chi connectivity index (χ3n) is 4.73. The first kappa shape index (κ1) is 25.3. The number of aromatic carboxylic acids is 1. The van der Waals surface area contributed by atoms with E-state index in [0.717, 1.165) is 6.20 Å². The summed E-state index contributed by atoms with van der Waals surface area (Å²) in [4.78, 5) is 36.1. The number of rotatable bonds is 9. The van der Waals surface area contributed by atoms with Crippen molar-refractivity contribution in [1.29, 1.82) is 0 Å². The molecule has 0 spiro atoms. The predicted octanol–water partition coefficient (Wildman–Crippen LogP) is 3.15. The van der Waals surface area contributed by atoms with E-state index in [1.165, 1.54) is 24.3 Å². The minimum Gasteiger partial charge on any atom is -0.494 e. The maximum absolute atomic E-state index is 13.5. The van der Waals surface area contributed by atoms with Gasteiger partial charge in [0, 0.05) is 24.8 Å². The van der Waals surface area contributed by atoms with Gasteiger partial charge in [0.25, 0.3) is 11.8 Å². The van der Waals surface area contributed by atoms with E-state index in [2.05, 4.69) is 15.7 Å². The van der Waals surface area contributed by atoms with Gasteiger partial charge in [-0.3, -0.25) is 9.59 Å². The molecule has 0 atom stereocenters. The zero-order chi connectivity index (χ0) is 25.6. The van der Waals surface area contributed by atoms with Crippen LogP contribution in [-0.4, -0.2) is 52.4 Å². The number of aromatic nitrogens is 2. The highest BCUT2D eigenvalue weighted by Crippen LogP contribution is 2.31. The topological polar surface area (TPSA) is 123 Å². The van der Waals surface area contributed by atoms with E-state index in [4.69, 9.17) is 4.74 Å². The summed E-state index contributed by atoms with van der Waals surface area (Å²) in [5.41, 5.74) is -2.32. The van der Waals surface area contributed by atoms with Crippen molar-refractivity contribution in [3.05, 3.63) is 77.1 Å². The van der Waals surface area contributed by atoms with E-state index < -0.39 is 35.2 Å². The first-order valence-electron chi connectivity index (χ1n) is 10.4. The number of alkyl halides is 3. The molecule has 0 aliphatic carbocycles. The van der Waals surface area contributed by atoms with Crippen molar-refractivity contribution in [3.8, 4) is 11.4 Å². The maximum atomic E-state index is 13.5. The standard InChI is InChI=1S/C23H21F3N4O5/c1-2-35-15-9-7-14(8-10-15)20(31)27-11-12-28-21(32)17-13-30(29-19(17)23(24,25)26)18-6-4-3-5-16(18)22(33)34/h3-10,13H,2,11-12H2,1H3,(H,27,31)(H,28,32)(H,33,34). The second-order valence-corrected chi connectivity index (χ2v) is 7.13. The van der Waals surface area contributed by atoms with Gasteiger partial charge in [0.1, 0.15) is 5.75 Å². The van der Waals surface area contributed by atoms with Crippen LogP contribution in [0, 0.1) is 0 Å². The lowest BCUT2D eigenvalue weighted by atomic mass is 10.2. The van der Waals surface area contributed by atoms with Gasteiger partial charge in [-0.25, -0.2) is 9.48 Å². The van der Waals surface area contributed by atoms with Crippen LogP contribution in [0.15, 0.2) is 54.7 Å². The molecule has 9 nitrogen and oxygen atoms in total. The highest BCUT2D eigenvalue weighted by molar-refractivity contribution is 5.96. The number of hydrogen-bond acceptors (Lipinski definition) is 5. The molecule has 3 N–H and O–H groups in total. The molecule has 2 aromatic carbocycles. The van der Waals surface area contributed by atoms with Gasteiger partial charge in [-0.05, 0) is 43.3 Å². The van der Waals surface area contributed by atoms with Gasteiger partial charge in [0.2, 0.25) is 0 Å². The van der Waals surface area contributed by atoms with Gasteiger partial charge < -0.3 is 20.5 Å². The molecular formula is C23H21F3N4O5. The molecule has 35 heavy (non-hydrogen) atoms. The zero-order valence-electron chi connectivity index (χ0n) is 18.4. The lowest BCUT2D eigenvalue weighted by Gasteiger charge is -2.09. The first-order chi connectivity index (χ1) is 16.6. The number of carboxylic acids is 1. The Morgan fingerprint density at radius 3 is 2.20 bits per heavy atom. The number of nitrogens with one attached hydrogen (secondary N) is 2. The number of hydrogen-bond donors (Lipinski definition) is 3. The van der Waals surface area contributed by atoms with E-state index >= 15 is 0 Å². The molecule has 0 aliphatic rings. The molecule has 0 unspecified atom stereocenters. The summed E-state index contributed by atoms with van der Waals surface area (Å²) in [6, 6.07) is 11.7. The van der Waals surface area contributed by atoms with Crippen molar-refractivity contribution in [1.82, 2.24) is 20.4 Å². The fourth-order valence-corrected chi connectivity index (χ4v) is 3.15.